The molecule has 0 rings (SSSR count). The maximum Gasteiger partial charge on any atom is 0.0741 e. The van der Waals surface area contributed by atoms with Gasteiger partial charge in [-0.05, 0) is 39.8 Å². The van der Waals surface area contributed by atoms with E-state index in [1.807, 2.05) is 0 Å². The molecule has 4 nitrogen and oxygen atoms in total. The molecule has 0 aliphatic carbocycles. The summed E-state index contributed by atoms with van der Waals surface area (Å²) in [7, 11) is 1.73. The first-order chi connectivity index (χ1) is 7.46. The lowest BCUT2D eigenvalue weighted by Gasteiger charge is -2.29. The van der Waals surface area contributed by atoms with Gasteiger partial charge in [-0.15, -0.1) is 0 Å². The number of hydrogen-bond donors (Lipinski definition) is 2. The average molecular weight is 232 g/mol. The van der Waals surface area contributed by atoms with Crippen LogP contribution in [-0.2, 0) is 4.74 Å². The summed E-state index contributed by atoms with van der Waals surface area (Å²) >= 11 is 0. The minimum atomic E-state index is -0.718. The second kappa shape index (κ2) is 8.01. The van der Waals surface area contributed by atoms with E-state index in [0.717, 1.165) is 32.5 Å². The van der Waals surface area contributed by atoms with Gasteiger partial charge < -0.3 is 15.6 Å². The van der Waals surface area contributed by atoms with Crippen LogP contribution in [0.15, 0.2) is 0 Å². The van der Waals surface area contributed by atoms with Crippen molar-refractivity contribution in [2.45, 2.75) is 45.3 Å². The molecule has 0 spiro atoms. The van der Waals surface area contributed by atoms with Gasteiger partial charge >= 0.3 is 0 Å². The third-order valence-corrected chi connectivity index (χ3v) is 3.04. The number of methoxy groups -OCH3 is 1. The van der Waals surface area contributed by atoms with Gasteiger partial charge in [0.25, 0.3) is 0 Å². The second-order valence-electron chi connectivity index (χ2n) is 4.74. The first kappa shape index (κ1) is 15.8. The van der Waals surface area contributed by atoms with Gasteiger partial charge in [-0.25, -0.2) is 0 Å². The molecule has 0 bridgehead atoms. The van der Waals surface area contributed by atoms with Crippen LogP contribution in [-0.4, -0.2) is 55.0 Å². The van der Waals surface area contributed by atoms with Crippen LogP contribution in [0.1, 0.15) is 33.6 Å². The molecule has 0 aromatic heterocycles. The van der Waals surface area contributed by atoms with Crippen molar-refractivity contribution in [2.24, 2.45) is 5.73 Å². The number of ether oxygens (including phenoxy) is 1. The first-order valence-corrected chi connectivity index (χ1v) is 6.12. The number of likely N-dealkylation sites (N-methyl/N-ethyl adjacent to an activating group) is 1. The van der Waals surface area contributed by atoms with Gasteiger partial charge in [-0.1, -0.05) is 6.92 Å². The normalized spacial score (nSPS) is 17.4. The Morgan fingerprint density at radius 2 is 2.12 bits per heavy atom. The molecule has 16 heavy (non-hydrogen) atoms. The summed E-state index contributed by atoms with van der Waals surface area (Å²) in [5.74, 6) is 0. The molecule has 0 saturated carbocycles. The molecule has 0 aromatic carbocycles. The quantitative estimate of drug-likeness (QED) is 0.618. The fourth-order valence-electron chi connectivity index (χ4n) is 1.80. The number of aliphatic hydroxyl groups is 1. The highest BCUT2D eigenvalue weighted by Gasteiger charge is 2.18. The van der Waals surface area contributed by atoms with E-state index in [-0.39, 0.29) is 0 Å². The molecule has 0 aliphatic heterocycles. The van der Waals surface area contributed by atoms with Gasteiger partial charge in [0.15, 0.2) is 0 Å². The number of rotatable bonds is 9. The van der Waals surface area contributed by atoms with Gasteiger partial charge in [0, 0.05) is 19.7 Å². The maximum absolute atomic E-state index is 9.78. The highest BCUT2D eigenvalue weighted by atomic mass is 16.5. The summed E-state index contributed by atoms with van der Waals surface area (Å²) < 4.78 is 5.14. The third-order valence-electron chi connectivity index (χ3n) is 3.04. The van der Waals surface area contributed by atoms with E-state index in [4.69, 9.17) is 10.5 Å². The summed E-state index contributed by atoms with van der Waals surface area (Å²) in [4.78, 5) is 2.36. The molecule has 0 aromatic rings. The fourth-order valence-corrected chi connectivity index (χ4v) is 1.80. The number of hydrogen-bond acceptors (Lipinski definition) is 4. The lowest BCUT2D eigenvalue weighted by molar-refractivity contribution is 0.0489. The fraction of sp³-hybridized carbons (Fsp3) is 1.00. The van der Waals surface area contributed by atoms with E-state index >= 15 is 0 Å². The van der Waals surface area contributed by atoms with Crippen LogP contribution in [0.25, 0.3) is 0 Å². The van der Waals surface area contributed by atoms with E-state index in [2.05, 4.69) is 18.7 Å². The van der Waals surface area contributed by atoms with Crippen molar-refractivity contribution in [3.05, 3.63) is 0 Å². The van der Waals surface area contributed by atoms with E-state index in [9.17, 15) is 5.11 Å². The van der Waals surface area contributed by atoms with Crippen LogP contribution in [0.3, 0.4) is 0 Å². The van der Waals surface area contributed by atoms with Crippen molar-refractivity contribution >= 4 is 0 Å². The van der Waals surface area contributed by atoms with Crippen LogP contribution in [0, 0.1) is 0 Å². The molecule has 0 heterocycles. The van der Waals surface area contributed by atoms with Gasteiger partial charge in [0.2, 0.25) is 0 Å². The van der Waals surface area contributed by atoms with Crippen molar-refractivity contribution in [1.29, 1.82) is 0 Å². The monoisotopic (exact) mass is 232 g/mol. The Labute approximate surface area is 99.8 Å². The summed E-state index contributed by atoms with van der Waals surface area (Å²) in [6.07, 6.45) is 1.71. The molecular formula is C12H28N2O2. The largest absolute Gasteiger partial charge is 0.389 e. The van der Waals surface area contributed by atoms with Gasteiger partial charge in [0.05, 0.1) is 12.2 Å². The summed E-state index contributed by atoms with van der Waals surface area (Å²) in [5, 5.41) is 9.78. The zero-order valence-electron chi connectivity index (χ0n) is 11.2. The Kier molecular flexibility index (Phi) is 7.93. The van der Waals surface area contributed by atoms with Crippen LogP contribution in [0.5, 0.6) is 0 Å². The number of nitrogens with two attached hydrogens (primary N) is 1. The van der Waals surface area contributed by atoms with Crippen LogP contribution in [0.2, 0.25) is 0 Å². The molecule has 2 unspecified atom stereocenters. The van der Waals surface area contributed by atoms with E-state index < -0.39 is 5.60 Å². The lowest BCUT2D eigenvalue weighted by Crippen LogP contribution is -2.39. The minimum absolute atomic E-state index is 0.326. The van der Waals surface area contributed by atoms with E-state index in [1.54, 1.807) is 14.0 Å². The van der Waals surface area contributed by atoms with Gasteiger partial charge in [-0.2, -0.15) is 0 Å². The zero-order valence-corrected chi connectivity index (χ0v) is 11.2. The smallest absolute Gasteiger partial charge is 0.0741 e. The molecular weight excluding hydrogens is 204 g/mol. The predicted octanol–water partition coefficient (Wildman–Crippen LogP) is 0.833. The zero-order chi connectivity index (χ0) is 12.6. The SMILES string of the molecule is CCN(CCCC(C)(O)CN)C(C)COC. The second-order valence-corrected chi connectivity index (χ2v) is 4.74. The van der Waals surface area contributed by atoms with E-state index in [1.165, 1.54) is 0 Å². The Balaban J connectivity index is 3.87. The molecule has 0 amide bonds. The highest BCUT2D eigenvalue weighted by Crippen LogP contribution is 2.11. The molecule has 2 atom stereocenters. The summed E-state index contributed by atoms with van der Waals surface area (Å²) in [5.41, 5.74) is 4.76. The lowest BCUT2D eigenvalue weighted by atomic mass is 10.0. The Morgan fingerprint density at radius 1 is 1.50 bits per heavy atom. The Bertz CT molecular complexity index is 174. The molecule has 98 valence electrons. The standard InChI is InChI=1S/C12H28N2O2/c1-5-14(11(2)9-16-4)8-6-7-12(3,15)10-13/h11,15H,5-10,13H2,1-4H3. The maximum atomic E-state index is 9.78. The Hall–Kier alpha value is -0.160. The molecule has 0 saturated heterocycles. The molecule has 0 radical (unpaired) electrons. The van der Waals surface area contributed by atoms with Crippen molar-refractivity contribution in [3.8, 4) is 0 Å². The van der Waals surface area contributed by atoms with Crippen molar-refractivity contribution in [2.75, 3.05) is 33.4 Å². The van der Waals surface area contributed by atoms with Gasteiger partial charge in [-0.3, -0.25) is 4.90 Å². The van der Waals surface area contributed by atoms with Crippen LogP contribution in [0.4, 0.5) is 0 Å². The topological polar surface area (TPSA) is 58.7 Å². The predicted molar refractivity (Wildman–Crippen MR) is 67.5 cm³/mol. The average Bonchev–Trinajstić information content (AvgIpc) is 2.24. The van der Waals surface area contributed by atoms with Crippen molar-refractivity contribution in [1.82, 2.24) is 4.90 Å². The van der Waals surface area contributed by atoms with Crippen LogP contribution >= 0.6 is 0 Å². The van der Waals surface area contributed by atoms with Gasteiger partial charge in [0.1, 0.15) is 0 Å². The van der Waals surface area contributed by atoms with Crippen molar-refractivity contribution < 1.29 is 9.84 Å². The molecule has 3 N–H and O–H groups in total. The van der Waals surface area contributed by atoms with Crippen molar-refractivity contribution in [3.63, 3.8) is 0 Å². The molecule has 0 fully saturated rings. The highest BCUT2D eigenvalue weighted by molar-refractivity contribution is 4.74. The Morgan fingerprint density at radius 3 is 2.56 bits per heavy atom. The molecule has 0 aliphatic rings. The van der Waals surface area contributed by atoms with Crippen LogP contribution < -0.4 is 5.73 Å². The first-order valence-electron chi connectivity index (χ1n) is 6.12. The van der Waals surface area contributed by atoms with E-state index in [0.29, 0.717) is 12.6 Å². The number of nitrogens with zero attached hydrogens (tertiary/aromatic N) is 1. The minimum Gasteiger partial charge on any atom is -0.389 e. The summed E-state index contributed by atoms with van der Waals surface area (Å²) in [6, 6.07) is 0.429. The summed E-state index contributed by atoms with van der Waals surface area (Å²) in [6.45, 7) is 9.17. The third kappa shape index (κ3) is 6.43. The molecule has 4 heteroatoms.